The lowest BCUT2D eigenvalue weighted by Crippen LogP contribution is -2.45. The van der Waals surface area contributed by atoms with Gasteiger partial charge in [-0.1, -0.05) is 12.2 Å². The van der Waals surface area contributed by atoms with Crippen LogP contribution in [-0.2, 0) is 22.7 Å². The molecule has 4 rings (SSSR count). The molecule has 6 heteroatoms. The van der Waals surface area contributed by atoms with E-state index in [9.17, 15) is 14.7 Å². The van der Waals surface area contributed by atoms with E-state index in [1.165, 1.54) is 0 Å². The molecule has 110 valence electrons. The van der Waals surface area contributed by atoms with Crippen molar-refractivity contribution in [1.82, 2.24) is 14.5 Å². The maximum absolute atomic E-state index is 12.8. The molecule has 2 heterocycles. The monoisotopic (exact) mass is 287 g/mol. The molecule has 0 spiro atoms. The number of carboxylic acid groups (broad SMARTS) is 1. The summed E-state index contributed by atoms with van der Waals surface area (Å²) in [6.07, 6.45) is 8.45. The van der Waals surface area contributed by atoms with Crippen molar-refractivity contribution in [2.75, 3.05) is 6.54 Å². The van der Waals surface area contributed by atoms with Gasteiger partial charge in [-0.05, 0) is 18.3 Å². The zero-order valence-corrected chi connectivity index (χ0v) is 11.6. The van der Waals surface area contributed by atoms with E-state index in [4.69, 9.17) is 0 Å². The maximum Gasteiger partial charge on any atom is 0.307 e. The Morgan fingerprint density at radius 3 is 2.71 bits per heavy atom. The molecule has 1 fully saturated rings. The number of aromatic nitrogens is 2. The summed E-state index contributed by atoms with van der Waals surface area (Å²) in [7, 11) is 0. The number of carboxylic acids is 1. The van der Waals surface area contributed by atoms with Gasteiger partial charge in [0, 0.05) is 25.5 Å². The fourth-order valence-electron chi connectivity index (χ4n) is 4.07. The molecular formula is C15H17N3O3. The summed E-state index contributed by atoms with van der Waals surface area (Å²) in [6, 6.07) is 0. The lowest BCUT2D eigenvalue weighted by molar-refractivity contribution is -0.151. The van der Waals surface area contributed by atoms with Gasteiger partial charge in [0.2, 0.25) is 5.91 Å². The second-order valence-corrected chi connectivity index (χ2v) is 6.13. The Kier molecular flexibility index (Phi) is 2.67. The van der Waals surface area contributed by atoms with Crippen molar-refractivity contribution >= 4 is 11.9 Å². The van der Waals surface area contributed by atoms with Crippen molar-refractivity contribution in [2.24, 2.45) is 23.7 Å². The molecule has 3 aliphatic rings. The number of imidazole rings is 1. The molecule has 1 aromatic heterocycles. The quantitative estimate of drug-likeness (QED) is 0.814. The average Bonchev–Trinajstić information content (AvgIpc) is 3.19. The second kappa shape index (κ2) is 4.44. The summed E-state index contributed by atoms with van der Waals surface area (Å²) in [6.45, 7) is 1.84. The number of fused-ring (bicyclic) bond motifs is 3. The van der Waals surface area contributed by atoms with E-state index in [2.05, 4.69) is 4.98 Å². The normalized spacial score (nSPS) is 33.2. The van der Waals surface area contributed by atoms with Gasteiger partial charge >= 0.3 is 5.97 Å². The summed E-state index contributed by atoms with van der Waals surface area (Å²) < 4.78 is 2.04. The third kappa shape index (κ3) is 1.81. The van der Waals surface area contributed by atoms with Crippen molar-refractivity contribution in [3.05, 3.63) is 30.4 Å². The SMILES string of the molecule is O=C(O)C1C2C=CC(C2)C1C(=O)N1CCn2ccnc2C1. The van der Waals surface area contributed by atoms with E-state index < -0.39 is 17.8 Å². The Balaban J connectivity index is 1.58. The molecule has 1 saturated carbocycles. The highest BCUT2D eigenvalue weighted by atomic mass is 16.4. The molecule has 1 aliphatic heterocycles. The number of hydrogen-bond donors (Lipinski definition) is 1. The summed E-state index contributed by atoms with van der Waals surface area (Å²) in [5.74, 6) is -0.843. The Bertz CT molecular complexity index is 636. The summed E-state index contributed by atoms with van der Waals surface area (Å²) in [4.78, 5) is 30.4. The number of carbonyl (C=O) groups excluding carboxylic acids is 1. The van der Waals surface area contributed by atoms with Crippen LogP contribution in [0.3, 0.4) is 0 Å². The third-order valence-corrected chi connectivity index (χ3v) is 5.09. The first-order chi connectivity index (χ1) is 10.1. The van der Waals surface area contributed by atoms with Gasteiger partial charge in [-0.15, -0.1) is 0 Å². The van der Waals surface area contributed by atoms with Crippen molar-refractivity contribution in [1.29, 1.82) is 0 Å². The molecule has 21 heavy (non-hydrogen) atoms. The van der Waals surface area contributed by atoms with Crippen molar-refractivity contribution in [3.8, 4) is 0 Å². The number of carbonyl (C=O) groups is 2. The van der Waals surface area contributed by atoms with Crippen molar-refractivity contribution < 1.29 is 14.7 Å². The first-order valence-corrected chi connectivity index (χ1v) is 7.35. The highest BCUT2D eigenvalue weighted by Gasteiger charge is 2.52. The van der Waals surface area contributed by atoms with E-state index in [0.717, 1.165) is 18.8 Å². The molecule has 2 aliphatic carbocycles. The Morgan fingerprint density at radius 2 is 1.95 bits per heavy atom. The van der Waals surface area contributed by atoms with Gasteiger partial charge < -0.3 is 14.6 Å². The Morgan fingerprint density at radius 1 is 1.19 bits per heavy atom. The van der Waals surface area contributed by atoms with Gasteiger partial charge in [0.05, 0.1) is 18.4 Å². The fourth-order valence-corrected chi connectivity index (χ4v) is 4.07. The maximum atomic E-state index is 12.8. The molecular weight excluding hydrogens is 270 g/mol. The number of hydrogen-bond acceptors (Lipinski definition) is 3. The van der Waals surface area contributed by atoms with Crippen molar-refractivity contribution in [2.45, 2.75) is 19.5 Å². The zero-order chi connectivity index (χ0) is 14.6. The van der Waals surface area contributed by atoms with Crippen molar-refractivity contribution in [3.63, 3.8) is 0 Å². The van der Waals surface area contributed by atoms with E-state index in [0.29, 0.717) is 13.1 Å². The topological polar surface area (TPSA) is 75.4 Å². The number of allylic oxidation sites excluding steroid dienone is 2. The van der Waals surface area contributed by atoms with E-state index in [-0.39, 0.29) is 17.7 Å². The van der Waals surface area contributed by atoms with Crippen LogP contribution < -0.4 is 0 Å². The summed E-state index contributed by atoms with van der Waals surface area (Å²) in [5.41, 5.74) is 0. The van der Waals surface area contributed by atoms with Crippen LogP contribution in [0.5, 0.6) is 0 Å². The molecule has 2 bridgehead atoms. The molecule has 4 unspecified atom stereocenters. The first-order valence-electron chi connectivity index (χ1n) is 7.35. The third-order valence-electron chi connectivity index (χ3n) is 5.09. The summed E-state index contributed by atoms with van der Waals surface area (Å²) in [5, 5.41) is 9.46. The smallest absolute Gasteiger partial charge is 0.307 e. The summed E-state index contributed by atoms with van der Waals surface area (Å²) >= 11 is 0. The number of amides is 1. The number of nitrogens with zero attached hydrogens (tertiary/aromatic N) is 3. The van der Waals surface area contributed by atoms with Crippen LogP contribution in [-0.4, -0.2) is 38.0 Å². The van der Waals surface area contributed by atoms with Crippen LogP contribution in [0.4, 0.5) is 0 Å². The molecule has 1 amide bonds. The van der Waals surface area contributed by atoms with Crippen LogP contribution in [0, 0.1) is 23.7 Å². The minimum Gasteiger partial charge on any atom is -0.481 e. The average molecular weight is 287 g/mol. The minimum atomic E-state index is -0.844. The van der Waals surface area contributed by atoms with Crippen LogP contribution in [0.15, 0.2) is 24.5 Å². The number of aliphatic carboxylic acids is 1. The Labute approximate surface area is 122 Å². The van der Waals surface area contributed by atoms with Gasteiger partial charge in [-0.25, -0.2) is 4.98 Å². The number of rotatable bonds is 2. The van der Waals surface area contributed by atoms with Gasteiger partial charge in [0.1, 0.15) is 5.82 Å². The zero-order valence-electron chi connectivity index (χ0n) is 11.6. The first kappa shape index (κ1) is 12.6. The predicted molar refractivity (Wildman–Crippen MR) is 73.0 cm³/mol. The lowest BCUT2D eigenvalue weighted by Gasteiger charge is -2.33. The molecule has 6 nitrogen and oxygen atoms in total. The highest BCUT2D eigenvalue weighted by Crippen LogP contribution is 2.48. The van der Waals surface area contributed by atoms with Gasteiger partial charge in [-0.2, -0.15) is 0 Å². The fraction of sp³-hybridized carbons (Fsp3) is 0.533. The van der Waals surface area contributed by atoms with Crippen LogP contribution in [0.25, 0.3) is 0 Å². The van der Waals surface area contributed by atoms with Crippen LogP contribution in [0.2, 0.25) is 0 Å². The van der Waals surface area contributed by atoms with Gasteiger partial charge in [0.15, 0.2) is 0 Å². The molecule has 1 aromatic rings. The Hall–Kier alpha value is -2.11. The van der Waals surface area contributed by atoms with Crippen LogP contribution >= 0.6 is 0 Å². The van der Waals surface area contributed by atoms with E-state index in [1.54, 1.807) is 11.1 Å². The van der Waals surface area contributed by atoms with Crippen LogP contribution in [0.1, 0.15) is 12.2 Å². The van der Waals surface area contributed by atoms with Gasteiger partial charge in [-0.3, -0.25) is 9.59 Å². The molecule has 0 radical (unpaired) electrons. The molecule has 0 aromatic carbocycles. The van der Waals surface area contributed by atoms with E-state index >= 15 is 0 Å². The highest BCUT2D eigenvalue weighted by molar-refractivity contribution is 5.87. The second-order valence-electron chi connectivity index (χ2n) is 6.13. The minimum absolute atomic E-state index is 0.0199. The molecule has 1 N–H and O–H groups in total. The van der Waals surface area contributed by atoms with E-state index in [1.807, 2.05) is 22.9 Å². The molecule has 4 atom stereocenters. The predicted octanol–water partition coefficient (Wildman–Crippen LogP) is 0.748. The standard InChI is InChI=1S/C15H17N3O3/c19-14(18-6-5-17-4-3-16-11(17)8-18)12-9-1-2-10(7-9)13(12)15(20)21/h1-4,9-10,12-13H,5-8H2,(H,20,21). The molecule has 0 saturated heterocycles. The largest absolute Gasteiger partial charge is 0.481 e. The lowest BCUT2D eigenvalue weighted by atomic mass is 9.82. The van der Waals surface area contributed by atoms with Gasteiger partial charge in [0.25, 0.3) is 0 Å².